The summed E-state index contributed by atoms with van der Waals surface area (Å²) < 4.78 is 35.6. The molecule has 0 aliphatic carbocycles. The molecule has 2 rings (SSSR count). The monoisotopic (exact) mass is 421 g/mol. The van der Waals surface area contributed by atoms with Crippen molar-refractivity contribution in [1.82, 2.24) is 4.47 Å². The predicted molar refractivity (Wildman–Crippen MR) is 105 cm³/mol. The van der Waals surface area contributed by atoms with E-state index in [9.17, 15) is 18.0 Å². The van der Waals surface area contributed by atoms with Crippen LogP contribution in [0, 0.1) is 0 Å². The van der Waals surface area contributed by atoms with Gasteiger partial charge in [0.1, 0.15) is 5.75 Å². The summed E-state index contributed by atoms with van der Waals surface area (Å²) in [5.74, 6) is -0.453. The lowest BCUT2D eigenvalue weighted by molar-refractivity contribution is -0.0258. The van der Waals surface area contributed by atoms with Gasteiger partial charge in [0.05, 0.1) is 24.2 Å². The lowest BCUT2D eigenvalue weighted by atomic mass is 10.1. The molecule has 0 bridgehead atoms. The predicted octanol–water partition coefficient (Wildman–Crippen LogP) is 2.70. The van der Waals surface area contributed by atoms with Gasteiger partial charge in [0.2, 0.25) is 5.78 Å². The van der Waals surface area contributed by atoms with E-state index in [4.69, 9.17) is 14.3 Å². The Hall–Kier alpha value is -2.75. The van der Waals surface area contributed by atoms with Crippen LogP contribution in [0.2, 0.25) is 0 Å². The van der Waals surface area contributed by atoms with E-state index in [0.717, 1.165) is 0 Å². The summed E-state index contributed by atoms with van der Waals surface area (Å²) in [5, 5.41) is 0. The Morgan fingerprint density at radius 2 is 1.55 bits per heavy atom. The second-order valence-corrected chi connectivity index (χ2v) is 7.93. The normalized spacial score (nSPS) is 12.4. The Morgan fingerprint density at radius 1 is 1.00 bits per heavy atom. The number of rotatable bonds is 9. The van der Waals surface area contributed by atoms with Gasteiger partial charge in [0.15, 0.2) is 6.10 Å². The first-order chi connectivity index (χ1) is 13.7. The van der Waals surface area contributed by atoms with E-state index >= 15 is 0 Å². The van der Waals surface area contributed by atoms with Gasteiger partial charge < -0.3 is 9.47 Å². The number of hydrogen-bond acceptors (Lipinski definition) is 7. The molecule has 2 aromatic rings. The first kappa shape index (κ1) is 22.5. The molecule has 0 N–H and O–H groups in total. The van der Waals surface area contributed by atoms with Crippen LogP contribution in [0.15, 0.2) is 53.4 Å². The van der Waals surface area contributed by atoms with E-state index in [1.165, 1.54) is 45.3 Å². The van der Waals surface area contributed by atoms with Gasteiger partial charge >= 0.3 is 5.97 Å². The van der Waals surface area contributed by atoms with E-state index in [2.05, 4.69) is 0 Å². The van der Waals surface area contributed by atoms with E-state index < -0.39 is 22.1 Å². The van der Waals surface area contributed by atoms with Gasteiger partial charge in [-0.15, -0.1) is 0 Å². The van der Waals surface area contributed by atoms with Crippen LogP contribution in [-0.2, 0) is 19.6 Å². The SMILES string of the molecule is CCOc1ccc(C(=O)[C@@H](C)OC(=O)c2ccc(S(=O)(=O)N(C)OC)cc2)cc1. The molecule has 0 saturated carbocycles. The van der Waals surface area contributed by atoms with Gasteiger partial charge in [0.25, 0.3) is 10.0 Å². The lowest BCUT2D eigenvalue weighted by Gasteiger charge is -2.15. The Morgan fingerprint density at radius 3 is 2.07 bits per heavy atom. The van der Waals surface area contributed by atoms with E-state index in [1.54, 1.807) is 24.3 Å². The van der Waals surface area contributed by atoms with Crippen molar-refractivity contribution in [3.05, 3.63) is 59.7 Å². The molecule has 29 heavy (non-hydrogen) atoms. The molecule has 2 aromatic carbocycles. The molecule has 0 amide bonds. The maximum Gasteiger partial charge on any atom is 0.338 e. The number of Topliss-reactive ketones (excluding diaryl/α,β-unsaturated/α-hetero) is 1. The first-order valence-corrected chi connectivity index (χ1v) is 10.3. The van der Waals surface area contributed by atoms with Crippen molar-refractivity contribution in [3.8, 4) is 5.75 Å². The van der Waals surface area contributed by atoms with Gasteiger partial charge in [-0.3, -0.25) is 9.63 Å². The Labute approximate surface area is 170 Å². The molecule has 0 heterocycles. The number of benzene rings is 2. The minimum absolute atomic E-state index is 0.0445. The van der Waals surface area contributed by atoms with Crippen molar-refractivity contribution in [2.75, 3.05) is 20.8 Å². The molecule has 0 saturated heterocycles. The summed E-state index contributed by atoms with van der Waals surface area (Å²) in [4.78, 5) is 29.4. The number of nitrogens with zero attached hydrogens (tertiary/aromatic N) is 1. The fraction of sp³-hybridized carbons (Fsp3) is 0.300. The highest BCUT2D eigenvalue weighted by Crippen LogP contribution is 2.17. The number of ketones is 1. The van der Waals surface area contributed by atoms with Crippen LogP contribution < -0.4 is 4.74 Å². The molecule has 9 heteroatoms. The third-order valence-corrected chi connectivity index (χ3v) is 5.78. The van der Waals surface area contributed by atoms with Gasteiger partial charge in [-0.05, 0) is 62.4 Å². The maximum atomic E-state index is 12.5. The smallest absolute Gasteiger partial charge is 0.338 e. The highest BCUT2D eigenvalue weighted by atomic mass is 32.2. The topological polar surface area (TPSA) is 99.2 Å². The summed E-state index contributed by atoms with van der Waals surface area (Å²) in [6.45, 7) is 3.85. The van der Waals surface area contributed by atoms with Crippen molar-refractivity contribution in [2.45, 2.75) is 24.8 Å². The number of ether oxygens (including phenoxy) is 2. The number of sulfonamides is 1. The maximum absolute atomic E-state index is 12.5. The minimum atomic E-state index is -3.82. The van der Waals surface area contributed by atoms with Crippen LogP contribution in [-0.4, -0.2) is 51.5 Å². The number of esters is 1. The Balaban J connectivity index is 2.06. The number of hydrogen-bond donors (Lipinski definition) is 0. The van der Waals surface area contributed by atoms with E-state index in [-0.39, 0.29) is 16.2 Å². The summed E-state index contributed by atoms with van der Waals surface area (Å²) in [5.41, 5.74) is 0.508. The van der Waals surface area contributed by atoms with Crippen molar-refractivity contribution in [1.29, 1.82) is 0 Å². The average molecular weight is 421 g/mol. The third-order valence-electron chi connectivity index (χ3n) is 4.09. The van der Waals surface area contributed by atoms with Crippen LogP contribution in [0.3, 0.4) is 0 Å². The number of carbonyl (C=O) groups is 2. The second-order valence-electron chi connectivity index (χ2n) is 5.99. The quantitative estimate of drug-likeness (QED) is 0.349. The second kappa shape index (κ2) is 9.64. The van der Waals surface area contributed by atoms with Gasteiger partial charge in [0, 0.05) is 12.6 Å². The van der Waals surface area contributed by atoms with Crippen LogP contribution in [0.5, 0.6) is 5.75 Å². The molecule has 0 aliphatic heterocycles. The van der Waals surface area contributed by atoms with Crippen molar-refractivity contribution >= 4 is 21.8 Å². The first-order valence-electron chi connectivity index (χ1n) is 8.81. The lowest BCUT2D eigenvalue weighted by Crippen LogP contribution is -2.26. The number of hydroxylamine groups is 1. The summed E-state index contributed by atoms with van der Waals surface area (Å²) in [6, 6.07) is 11.7. The van der Waals surface area contributed by atoms with Crippen molar-refractivity contribution in [3.63, 3.8) is 0 Å². The molecule has 156 valence electrons. The van der Waals surface area contributed by atoms with E-state index in [1.807, 2.05) is 6.92 Å². The zero-order valence-corrected chi connectivity index (χ0v) is 17.4. The van der Waals surface area contributed by atoms with Crippen LogP contribution in [0.25, 0.3) is 0 Å². The van der Waals surface area contributed by atoms with Gasteiger partial charge in [-0.2, -0.15) is 0 Å². The molecular weight excluding hydrogens is 398 g/mol. The van der Waals surface area contributed by atoms with Crippen LogP contribution in [0.1, 0.15) is 34.6 Å². The molecule has 0 fully saturated rings. The molecule has 0 aromatic heterocycles. The summed E-state index contributed by atoms with van der Waals surface area (Å²) in [6.07, 6.45) is -1.01. The molecule has 8 nitrogen and oxygen atoms in total. The summed E-state index contributed by atoms with van der Waals surface area (Å²) >= 11 is 0. The molecule has 1 atom stereocenters. The van der Waals surface area contributed by atoms with Gasteiger partial charge in [-0.1, -0.05) is 4.47 Å². The molecule has 0 radical (unpaired) electrons. The van der Waals surface area contributed by atoms with Gasteiger partial charge in [-0.25, -0.2) is 13.2 Å². The van der Waals surface area contributed by atoms with Crippen LogP contribution >= 0.6 is 0 Å². The fourth-order valence-electron chi connectivity index (χ4n) is 2.41. The van der Waals surface area contributed by atoms with E-state index in [0.29, 0.717) is 22.4 Å². The molecule has 0 spiro atoms. The fourth-order valence-corrected chi connectivity index (χ4v) is 3.38. The van der Waals surface area contributed by atoms with Crippen molar-refractivity contribution < 1.29 is 32.3 Å². The van der Waals surface area contributed by atoms with Crippen LogP contribution in [0.4, 0.5) is 0 Å². The standard InChI is InChI=1S/C20H23NO7S/c1-5-27-17-10-6-15(7-11-17)19(22)14(2)28-20(23)16-8-12-18(13-9-16)29(24,25)21(3)26-4/h6-14H,5H2,1-4H3/t14-/m1/s1. The molecule has 0 unspecified atom stereocenters. The minimum Gasteiger partial charge on any atom is -0.494 e. The highest BCUT2D eigenvalue weighted by Gasteiger charge is 2.23. The summed E-state index contributed by atoms with van der Waals surface area (Å²) in [7, 11) is -1.33. The average Bonchev–Trinajstić information content (AvgIpc) is 2.73. The zero-order chi connectivity index (χ0) is 21.6. The molecular formula is C20H23NO7S. The zero-order valence-electron chi connectivity index (χ0n) is 16.6. The largest absolute Gasteiger partial charge is 0.494 e. The highest BCUT2D eigenvalue weighted by molar-refractivity contribution is 7.89. The van der Waals surface area contributed by atoms with Crippen molar-refractivity contribution in [2.24, 2.45) is 0 Å². The molecule has 0 aliphatic rings. The Bertz CT molecular complexity index is 953. The number of carbonyl (C=O) groups excluding carboxylic acids is 2. The third kappa shape index (κ3) is 5.41. The Kier molecular flexibility index (Phi) is 7.49.